The fourth-order valence-corrected chi connectivity index (χ4v) is 5.66. The first-order valence-corrected chi connectivity index (χ1v) is 12.2. The highest BCUT2D eigenvalue weighted by Gasteiger charge is 2.44. The Labute approximate surface area is 204 Å². The number of aromatic amines is 1. The van der Waals surface area contributed by atoms with Crippen molar-refractivity contribution in [2.24, 2.45) is 0 Å². The molecule has 2 aliphatic rings. The number of hydrogen-bond donors (Lipinski definition) is 1. The third kappa shape index (κ3) is 3.95. The zero-order valence-electron chi connectivity index (χ0n) is 19.5. The number of anilines is 2. The molecule has 4 aromatic rings. The van der Waals surface area contributed by atoms with Crippen molar-refractivity contribution in [3.05, 3.63) is 96.7 Å². The zero-order chi connectivity index (χ0) is 23.8. The Morgan fingerprint density at radius 3 is 2.00 bits per heavy atom. The first-order valence-electron chi connectivity index (χ1n) is 12.2. The van der Waals surface area contributed by atoms with E-state index in [2.05, 4.69) is 16.0 Å². The first-order chi connectivity index (χ1) is 17.2. The molecule has 2 bridgehead atoms. The second-order valence-electron chi connectivity index (χ2n) is 9.42. The summed E-state index contributed by atoms with van der Waals surface area (Å²) in [7, 11) is 0. The average molecular weight is 465 g/mol. The van der Waals surface area contributed by atoms with E-state index in [1.54, 1.807) is 4.90 Å². The molecular formula is C29H28N4O2. The number of benzene rings is 3. The quantitative estimate of drug-likeness (QED) is 0.443. The maximum atomic E-state index is 13.8. The Bertz CT molecular complexity index is 1300. The van der Waals surface area contributed by atoms with Gasteiger partial charge in [-0.1, -0.05) is 54.6 Å². The molecule has 0 spiro atoms. The smallest absolute Gasteiger partial charge is 0.329 e. The topological polar surface area (TPSA) is 59.7 Å². The molecule has 3 heterocycles. The van der Waals surface area contributed by atoms with E-state index in [9.17, 15) is 9.59 Å². The Hall–Kier alpha value is -4.06. The van der Waals surface area contributed by atoms with Gasteiger partial charge in [0.25, 0.3) is 0 Å². The van der Waals surface area contributed by atoms with E-state index in [-0.39, 0.29) is 24.0 Å². The molecule has 6 heteroatoms. The molecule has 2 saturated heterocycles. The van der Waals surface area contributed by atoms with Gasteiger partial charge < -0.3 is 14.8 Å². The highest BCUT2D eigenvalue weighted by Crippen LogP contribution is 2.34. The van der Waals surface area contributed by atoms with Gasteiger partial charge in [0.15, 0.2) is 0 Å². The predicted octanol–water partition coefficient (Wildman–Crippen LogP) is 5.34. The first kappa shape index (κ1) is 21.5. The molecule has 1 aromatic heterocycles. The Balaban J connectivity index is 1.21. The summed E-state index contributed by atoms with van der Waals surface area (Å²) in [5.41, 5.74) is 3.77. The highest BCUT2D eigenvalue weighted by molar-refractivity contribution is 5.99. The number of piperazine rings is 1. The van der Waals surface area contributed by atoms with Crippen molar-refractivity contribution in [2.75, 3.05) is 18.0 Å². The summed E-state index contributed by atoms with van der Waals surface area (Å²) in [5, 5.41) is 1.10. The number of hydrogen-bond acceptors (Lipinski definition) is 2. The number of amides is 3. The number of H-pyrrole nitrogens is 1. The van der Waals surface area contributed by atoms with Crippen LogP contribution < -0.4 is 4.90 Å². The summed E-state index contributed by atoms with van der Waals surface area (Å²) in [4.78, 5) is 36.3. The second-order valence-corrected chi connectivity index (χ2v) is 9.42. The minimum atomic E-state index is -0.0389. The Morgan fingerprint density at radius 2 is 1.37 bits per heavy atom. The summed E-state index contributed by atoms with van der Waals surface area (Å²) in [6, 6.07) is 27.7. The fraction of sp³-hybridized carbons (Fsp3) is 0.241. The van der Waals surface area contributed by atoms with Gasteiger partial charge in [0, 0.05) is 42.3 Å². The van der Waals surface area contributed by atoms with E-state index < -0.39 is 0 Å². The van der Waals surface area contributed by atoms with Crippen LogP contribution in [0.4, 0.5) is 16.2 Å². The Morgan fingerprint density at radius 1 is 0.800 bits per heavy atom. The summed E-state index contributed by atoms with van der Waals surface area (Å²) in [6.07, 6.45) is 4.20. The number of rotatable bonds is 4. The lowest BCUT2D eigenvalue weighted by Gasteiger charge is -2.42. The second kappa shape index (κ2) is 8.95. The van der Waals surface area contributed by atoms with Crippen molar-refractivity contribution < 1.29 is 9.59 Å². The summed E-state index contributed by atoms with van der Waals surface area (Å²) in [6.45, 7) is 1.12. The highest BCUT2D eigenvalue weighted by atomic mass is 16.2. The number of para-hydroxylation sites is 3. The average Bonchev–Trinajstić information content (AvgIpc) is 3.42. The van der Waals surface area contributed by atoms with Gasteiger partial charge in [-0.15, -0.1) is 0 Å². The molecule has 0 saturated carbocycles. The molecule has 0 unspecified atom stereocenters. The lowest BCUT2D eigenvalue weighted by atomic mass is 10.1. The number of aromatic nitrogens is 1. The van der Waals surface area contributed by atoms with Crippen molar-refractivity contribution in [2.45, 2.75) is 31.3 Å². The van der Waals surface area contributed by atoms with Gasteiger partial charge in [0.1, 0.15) is 0 Å². The summed E-state index contributed by atoms with van der Waals surface area (Å²) in [5.74, 6) is 0.150. The van der Waals surface area contributed by atoms with Crippen LogP contribution in [0, 0.1) is 0 Å². The number of urea groups is 1. The van der Waals surface area contributed by atoms with Crippen LogP contribution in [0.15, 0.2) is 91.1 Å². The monoisotopic (exact) mass is 464 g/mol. The molecule has 0 radical (unpaired) electrons. The maximum absolute atomic E-state index is 13.8. The molecular weight excluding hydrogens is 436 g/mol. The van der Waals surface area contributed by atoms with Crippen LogP contribution in [0.3, 0.4) is 0 Å². The molecule has 35 heavy (non-hydrogen) atoms. The number of nitrogens with one attached hydrogen (secondary N) is 1. The number of nitrogens with zero attached hydrogens (tertiary/aromatic N) is 3. The number of fused-ring (bicyclic) bond motifs is 3. The number of carbonyl (C=O) groups is 2. The summed E-state index contributed by atoms with van der Waals surface area (Å²) < 4.78 is 0. The van der Waals surface area contributed by atoms with Gasteiger partial charge in [-0.05, 0) is 48.7 Å². The van der Waals surface area contributed by atoms with E-state index in [4.69, 9.17) is 0 Å². The van der Waals surface area contributed by atoms with Crippen LogP contribution in [-0.2, 0) is 11.2 Å². The van der Waals surface area contributed by atoms with E-state index in [0.29, 0.717) is 19.5 Å². The number of carbonyl (C=O) groups excluding carboxylic acids is 2. The van der Waals surface area contributed by atoms with Gasteiger partial charge in [-0.25, -0.2) is 4.79 Å². The van der Waals surface area contributed by atoms with Gasteiger partial charge in [-0.3, -0.25) is 9.69 Å². The SMILES string of the molecule is O=C(N1C[C@H]2CC[C@@H](C1)N2C(=O)Cc1c[nH]c2ccccc12)N(c1ccccc1)c1ccccc1. The van der Waals surface area contributed by atoms with E-state index in [0.717, 1.165) is 40.7 Å². The third-order valence-corrected chi connectivity index (χ3v) is 7.28. The van der Waals surface area contributed by atoms with Crippen molar-refractivity contribution in [3.8, 4) is 0 Å². The van der Waals surface area contributed by atoms with Crippen LogP contribution >= 0.6 is 0 Å². The molecule has 2 fully saturated rings. The molecule has 2 aliphatic heterocycles. The zero-order valence-corrected chi connectivity index (χ0v) is 19.5. The van der Waals surface area contributed by atoms with Crippen molar-refractivity contribution >= 4 is 34.2 Å². The number of likely N-dealkylation sites (tertiary alicyclic amines) is 1. The van der Waals surface area contributed by atoms with Crippen LogP contribution in [-0.4, -0.2) is 51.9 Å². The summed E-state index contributed by atoms with van der Waals surface area (Å²) >= 11 is 0. The molecule has 176 valence electrons. The molecule has 3 amide bonds. The molecule has 1 N–H and O–H groups in total. The van der Waals surface area contributed by atoms with Gasteiger partial charge in [0.05, 0.1) is 17.8 Å². The van der Waals surface area contributed by atoms with E-state index in [1.165, 1.54) is 0 Å². The van der Waals surface area contributed by atoms with Crippen LogP contribution in [0.5, 0.6) is 0 Å². The van der Waals surface area contributed by atoms with E-state index >= 15 is 0 Å². The molecule has 2 atom stereocenters. The maximum Gasteiger partial charge on any atom is 0.329 e. The predicted molar refractivity (Wildman–Crippen MR) is 138 cm³/mol. The van der Waals surface area contributed by atoms with Gasteiger partial charge >= 0.3 is 6.03 Å². The van der Waals surface area contributed by atoms with Gasteiger partial charge in [0.2, 0.25) is 5.91 Å². The van der Waals surface area contributed by atoms with Crippen molar-refractivity contribution in [1.29, 1.82) is 0 Å². The fourth-order valence-electron chi connectivity index (χ4n) is 5.66. The third-order valence-electron chi connectivity index (χ3n) is 7.28. The molecule has 3 aromatic carbocycles. The molecule has 6 nitrogen and oxygen atoms in total. The molecule has 0 aliphatic carbocycles. The lowest BCUT2D eigenvalue weighted by Crippen LogP contribution is -2.59. The minimum Gasteiger partial charge on any atom is -0.361 e. The van der Waals surface area contributed by atoms with Crippen LogP contribution in [0.1, 0.15) is 18.4 Å². The largest absolute Gasteiger partial charge is 0.361 e. The standard InChI is InChI=1S/C29H28N4O2/c34-28(17-21-18-30-27-14-8-7-13-26(21)27)32-24-15-16-25(32)20-31(19-24)29(35)33(22-9-3-1-4-10-22)23-11-5-2-6-12-23/h1-14,18,24-25,30H,15-17,19-20H2/t24-,25+. The van der Waals surface area contributed by atoms with Crippen molar-refractivity contribution in [3.63, 3.8) is 0 Å². The van der Waals surface area contributed by atoms with Crippen LogP contribution in [0.25, 0.3) is 10.9 Å². The van der Waals surface area contributed by atoms with Gasteiger partial charge in [-0.2, -0.15) is 0 Å². The normalized spacial score (nSPS) is 19.2. The van der Waals surface area contributed by atoms with Crippen LogP contribution in [0.2, 0.25) is 0 Å². The Kier molecular flexibility index (Phi) is 5.49. The minimum absolute atomic E-state index is 0.0389. The lowest BCUT2D eigenvalue weighted by molar-refractivity contribution is -0.135. The molecule has 6 rings (SSSR count). The van der Waals surface area contributed by atoms with E-state index in [1.807, 2.05) is 90.0 Å². The van der Waals surface area contributed by atoms with Crippen molar-refractivity contribution in [1.82, 2.24) is 14.8 Å².